The van der Waals surface area contributed by atoms with E-state index in [0.717, 1.165) is 56.0 Å². The fraction of sp³-hybridized carbons (Fsp3) is 0.292. The molecule has 0 aliphatic carbocycles. The summed E-state index contributed by atoms with van der Waals surface area (Å²) >= 11 is 1.39. The molecule has 0 saturated carbocycles. The second-order valence-corrected chi connectivity index (χ2v) is 8.87. The van der Waals surface area contributed by atoms with E-state index >= 15 is 0 Å². The zero-order chi connectivity index (χ0) is 21.2. The first kappa shape index (κ1) is 19.9. The van der Waals surface area contributed by atoms with Crippen LogP contribution in [0.3, 0.4) is 0 Å². The third kappa shape index (κ3) is 4.11. The third-order valence-electron chi connectivity index (χ3n) is 6.12. The number of piperazine rings is 1. The number of rotatable bonds is 4. The Hall–Kier alpha value is -3.03. The molecule has 2 aromatic carbocycles. The van der Waals surface area contributed by atoms with Crippen LogP contribution in [0.5, 0.6) is 0 Å². The molecule has 3 heterocycles. The van der Waals surface area contributed by atoms with Crippen molar-refractivity contribution in [3.05, 3.63) is 76.7 Å². The number of hydrogen-bond donors (Lipinski definition) is 0. The van der Waals surface area contributed by atoms with Crippen molar-refractivity contribution in [3.8, 4) is 11.1 Å². The van der Waals surface area contributed by atoms with Crippen molar-refractivity contribution in [3.63, 3.8) is 0 Å². The van der Waals surface area contributed by atoms with Crippen LogP contribution in [0.15, 0.2) is 66.2 Å². The highest BCUT2D eigenvalue weighted by Gasteiger charge is 2.37. The summed E-state index contributed by atoms with van der Waals surface area (Å²) in [7, 11) is 0. The number of carbonyl (C=O) groups is 2. The fourth-order valence-corrected chi connectivity index (χ4v) is 4.83. The third-order valence-corrected chi connectivity index (χ3v) is 6.88. The van der Waals surface area contributed by atoms with Gasteiger partial charge in [-0.05, 0) is 23.3 Å². The molecule has 2 aliphatic heterocycles. The van der Waals surface area contributed by atoms with Crippen molar-refractivity contribution in [2.45, 2.75) is 6.04 Å². The number of likely N-dealkylation sites (tertiary alicyclic amines) is 1. The second kappa shape index (κ2) is 8.61. The van der Waals surface area contributed by atoms with Crippen LogP contribution in [0.2, 0.25) is 0 Å². The Labute approximate surface area is 185 Å². The Morgan fingerprint density at radius 2 is 1.48 bits per heavy atom. The Balaban J connectivity index is 1.12. The topological polar surface area (TPSA) is 56.8 Å². The van der Waals surface area contributed by atoms with Gasteiger partial charge in [0.15, 0.2) is 5.01 Å². The summed E-state index contributed by atoms with van der Waals surface area (Å²) in [6.45, 7) is 4.61. The molecule has 5 rings (SSSR count). The van der Waals surface area contributed by atoms with E-state index in [-0.39, 0.29) is 11.8 Å². The Morgan fingerprint density at radius 3 is 2.13 bits per heavy atom. The van der Waals surface area contributed by atoms with Crippen LogP contribution in [-0.4, -0.2) is 76.8 Å². The first-order valence-corrected chi connectivity index (χ1v) is 11.4. The van der Waals surface area contributed by atoms with Crippen LogP contribution in [0.1, 0.15) is 20.2 Å². The molecule has 0 spiro atoms. The quantitative estimate of drug-likeness (QED) is 0.636. The number of benzene rings is 2. The largest absolute Gasteiger partial charge is 0.336 e. The molecule has 2 saturated heterocycles. The van der Waals surface area contributed by atoms with Gasteiger partial charge < -0.3 is 9.80 Å². The van der Waals surface area contributed by atoms with Crippen molar-refractivity contribution >= 4 is 23.2 Å². The zero-order valence-electron chi connectivity index (χ0n) is 17.2. The highest BCUT2D eigenvalue weighted by Crippen LogP contribution is 2.22. The summed E-state index contributed by atoms with van der Waals surface area (Å²) in [5, 5.41) is 2.39. The lowest BCUT2D eigenvalue weighted by molar-refractivity contribution is 0.00852. The second-order valence-electron chi connectivity index (χ2n) is 7.97. The first-order chi connectivity index (χ1) is 15.2. The molecule has 2 fully saturated rings. The van der Waals surface area contributed by atoms with Gasteiger partial charge in [0.25, 0.3) is 11.8 Å². The lowest BCUT2D eigenvalue weighted by Crippen LogP contribution is -2.64. The van der Waals surface area contributed by atoms with E-state index in [2.05, 4.69) is 22.0 Å². The maximum atomic E-state index is 12.9. The first-order valence-electron chi connectivity index (χ1n) is 10.6. The minimum Gasteiger partial charge on any atom is -0.336 e. The van der Waals surface area contributed by atoms with Crippen molar-refractivity contribution < 1.29 is 9.59 Å². The van der Waals surface area contributed by atoms with Gasteiger partial charge >= 0.3 is 0 Å². The van der Waals surface area contributed by atoms with Gasteiger partial charge in [-0.15, -0.1) is 11.3 Å². The minimum atomic E-state index is 0.0269. The SMILES string of the molecule is O=C(c1ccc(-c2ccccc2)cc1)N1CCN(C2CN(C(=O)c3nccs3)C2)CC1. The van der Waals surface area contributed by atoms with Crippen LogP contribution in [-0.2, 0) is 0 Å². The molecule has 0 N–H and O–H groups in total. The van der Waals surface area contributed by atoms with Gasteiger partial charge in [-0.1, -0.05) is 42.5 Å². The van der Waals surface area contributed by atoms with E-state index in [9.17, 15) is 9.59 Å². The molecule has 0 atom stereocenters. The number of aromatic nitrogens is 1. The zero-order valence-corrected chi connectivity index (χ0v) is 18.0. The van der Waals surface area contributed by atoms with Crippen LogP contribution >= 0.6 is 11.3 Å². The molecule has 6 nitrogen and oxygen atoms in total. The Bertz CT molecular complexity index is 1040. The normalized spacial score (nSPS) is 17.4. The summed E-state index contributed by atoms with van der Waals surface area (Å²) in [4.78, 5) is 35.6. The Kier molecular flexibility index (Phi) is 5.53. The van der Waals surface area contributed by atoms with Crippen LogP contribution < -0.4 is 0 Å². The van der Waals surface area contributed by atoms with E-state index in [4.69, 9.17) is 0 Å². The van der Waals surface area contributed by atoms with Crippen LogP contribution in [0.25, 0.3) is 11.1 Å². The molecule has 158 valence electrons. The molecule has 31 heavy (non-hydrogen) atoms. The smallest absolute Gasteiger partial charge is 0.282 e. The van der Waals surface area contributed by atoms with Crippen molar-refractivity contribution in [1.82, 2.24) is 19.7 Å². The molecule has 3 aromatic rings. The maximum absolute atomic E-state index is 12.9. The summed E-state index contributed by atoms with van der Waals surface area (Å²) in [5.74, 6) is 0.118. The standard InChI is InChI=1S/C24H24N4O2S/c29-23(20-8-6-19(7-9-20)18-4-2-1-3-5-18)27-13-11-26(12-14-27)21-16-28(17-21)24(30)22-25-10-15-31-22/h1-10,15,21H,11-14,16-17H2. The number of nitrogens with zero attached hydrogens (tertiary/aromatic N) is 4. The molecule has 7 heteroatoms. The van der Waals surface area contributed by atoms with Gasteiger partial charge in [-0.3, -0.25) is 14.5 Å². The van der Waals surface area contributed by atoms with Crippen molar-refractivity contribution in [2.75, 3.05) is 39.3 Å². The number of hydrogen-bond acceptors (Lipinski definition) is 5. The maximum Gasteiger partial charge on any atom is 0.282 e. The monoisotopic (exact) mass is 432 g/mol. The predicted molar refractivity (Wildman–Crippen MR) is 121 cm³/mol. The highest BCUT2D eigenvalue weighted by atomic mass is 32.1. The van der Waals surface area contributed by atoms with Crippen LogP contribution in [0, 0.1) is 0 Å². The summed E-state index contributed by atoms with van der Waals surface area (Å²) in [6, 6.07) is 18.4. The lowest BCUT2D eigenvalue weighted by Gasteiger charge is -2.47. The molecule has 1 aromatic heterocycles. The van der Waals surface area contributed by atoms with Gasteiger partial charge in [0.05, 0.1) is 0 Å². The average Bonchev–Trinajstić information content (AvgIpc) is 3.34. The Morgan fingerprint density at radius 1 is 0.806 bits per heavy atom. The fourth-order valence-electron chi connectivity index (χ4n) is 4.22. The van der Waals surface area contributed by atoms with Gasteiger partial charge in [-0.2, -0.15) is 0 Å². The minimum absolute atomic E-state index is 0.0269. The summed E-state index contributed by atoms with van der Waals surface area (Å²) in [5.41, 5.74) is 3.00. The summed E-state index contributed by atoms with van der Waals surface area (Å²) < 4.78 is 0. The molecule has 0 unspecified atom stereocenters. The number of carbonyl (C=O) groups excluding carboxylic acids is 2. The van der Waals surface area contributed by atoms with Gasteiger partial charge in [-0.25, -0.2) is 4.98 Å². The lowest BCUT2D eigenvalue weighted by atomic mass is 10.0. The van der Waals surface area contributed by atoms with Crippen molar-refractivity contribution in [1.29, 1.82) is 0 Å². The molecular weight excluding hydrogens is 408 g/mol. The molecular formula is C24H24N4O2S. The van der Waals surface area contributed by atoms with E-state index in [0.29, 0.717) is 11.0 Å². The van der Waals surface area contributed by atoms with E-state index in [1.807, 2.05) is 57.6 Å². The van der Waals surface area contributed by atoms with Gasteiger partial charge in [0.2, 0.25) is 0 Å². The van der Waals surface area contributed by atoms with E-state index in [1.165, 1.54) is 11.3 Å². The molecule has 0 bridgehead atoms. The molecule has 2 aliphatic rings. The van der Waals surface area contributed by atoms with Crippen molar-refractivity contribution in [2.24, 2.45) is 0 Å². The highest BCUT2D eigenvalue weighted by molar-refractivity contribution is 7.11. The van der Waals surface area contributed by atoms with E-state index in [1.54, 1.807) is 6.20 Å². The predicted octanol–water partition coefficient (Wildman–Crippen LogP) is 3.09. The van der Waals surface area contributed by atoms with E-state index < -0.39 is 0 Å². The summed E-state index contributed by atoms with van der Waals surface area (Å²) in [6.07, 6.45) is 1.67. The molecule has 0 radical (unpaired) electrons. The van der Waals surface area contributed by atoms with Gasteiger partial charge in [0.1, 0.15) is 0 Å². The van der Waals surface area contributed by atoms with Gasteiger partial charge in [0, 0.05) is 62.5 Å². The number of amides is 2. The average molecular weight is 433 g/mol. The van der Waals surface area contributed by atoms with Crippen LogP contribution in [0.4, 0.5) is 0 Å². The molecule has 2 amide bonds. The number of thiazole rings is 1.